The number of carbonyl (C=O) groups excluding carboxylic acids is 3. The predicted octanol–water partition coefficient (Wildman–Crippen LogP) is 3.53. The quantitative estimate of drug-likeness (QED) is 0.714. The second kappa shape index (κ2) is 6.93. The molecule has 1 atom stereocenters. The molecule has 3 nitrogen and oxygen atoms in total. The lowest BCUT2D eigenvalue weighted by atomic mass is 9.75. The highest BCUT2D eigenvalue weighted by Crippen LogP contribution is 2.29. The summed E-state index contributed by atoms with van der Waals surface area (Å²) in [5.74, 6) is -0.333. The van der Waals surface area contributed by atoms with Gasteiger partial charge in [-0.2, -0.15) is 0 Å². The zero-order chi connectivity index (χ0) is 15.3. The summed E-state index contributed by atoms with van der Waals surface area (Å²) in [6, 6.07) is 7.45. The van der Waals surface area contributed by atoms with E-state index in [0.717, 1.165) is 10.0 Å². The van der Waals surface area contributed by atoms with E-state index in [9.17, 15) is 14.4 Å². The van der Waals surface area contributed by atoms with E-state index in [-0.39, 0.29) is 36.6 Å². The number of carbonyl (C=O) groups is 3. The molecule has 0 radical (unpaired) electrons. The predicted molar refractivity (Wildman–Crippen MR) is 81.6 cm³/mol. The van der Waals surface area contributed by atoms with Crippen LogP contribution in [0.15, 0.2) is 28.7 Å². The molecule has 0 unspecified atom stereocenters. The van der Waals surface area contributed by atoms with Crippen LogP contribution in [0, 0.1) is 5.41 Å². The van der Waals surface area contributed by atoms with Crippen molar-refractivity contribution in [2.24, 2.45) is 5.41 Å². The molecule has 1 aromatic rings. The third kappa shape index (κ3) is 4.10. The van der Waals surface area contributed by atoms with Crippen molar-refractivity contribution in [2.75, 3.05) is 0 Å². The second-order valence-corrected chi connectivity index (χ2v) is 6.14. The van der Waals surface area contributed by atoms with Gasteiger partial charge in [0, 0.05) is 17.3 Å². The fraction of sp³-hybridized carbons (Fsp3) is 0.438. The fourth-order valence-corrected chi connectivity index (χ4v) is 2.37. The molecular weight excluding hydrogens is 320 g/mol. The third-order valence-electron chi connectivity index (χ3n) is 3.68. The van der Waals surface area contributed by atoms with Crippen LogP contribution in [0.4, 0.5) is 0 Å². The van der Waals surface area contributed by atoms with E-state index in [1.54, 1.807) is 6.92 Å². The molecule has 0 amide bonds. The van der Waals surface area contributed by atoms with Crippen LogP contribution < -0.4 is 0 Å². The minimum absolute atomic E-state index is 0.00818. The first-order valence-electron chi connectivity index (χ1n) is 6.54. The Bertz CT molecular complexity index is 536. The van der Waals surface area contributed by atoms with Crippen molar-refractivity contribution in [3.8, 4) is 0 Å². The number of ketones is 3. The number of halogens is 1. The van der Waals surface area contributed by atoms with Gasteiger partial charge in [0.2, 0.25) is 0 Å². The minimum atomic E-state index is -1.08. The van der Waals surface area contributed by atoms with E-state index in [2.05, 4.69) is 15.9 Å². The first-order chi connectivity index (χ1) is 9.27. The number of hydrogen-bond donors (Lipinski definition) is 0. The number of hydrogen-bond acceptors (Lipinski definition) is 3. The van der Waals surface area contributed by atoms with E-state index in [1.165, 1.54) is 13.8 Å². The monoisotopic (exact) mass is 338 g/mol. The van der Waals surface area contributed by atoms with Crippen molar-refractivity contribution in [3.63, 3.8) is 0 Å². The third-order valence-corrected chi connectivity index (χ3v) is 4.45. The van der Waals surface area contributed by atoms with Gasteiger partial charge >= 0.3 is 0 Å². The summed E-state index contributed by atoms with van der Waals surface area (Å²) >= 11 is 3.40. The molecule has 0 saturated carbocycles. The maximum absolute atomic E-state index is 12.5. The molecule has 1 aromatic carbocycles. The van der Waals surface area contributed by atoms with Crippen molar-refractivity contribution >= 4 is 33.3 Å². The topological polar surface area (TPSA) is 51.2 Å². The van der Waals surface area contributed by atoms with Crippen LogP contribution in [0.25, 0.3) is 0 Å². The molecule has 0 aliphatic rings. The first-order valence-corrected chi connectivity index (χ1v) is 7.34. The Kier molecular flexibility index (Phi) is 5.81. The molecule has 0 N–H and O–H groups in total. The van der Waals surface area contributed by atoms with Gasteiger partial charge in [0.05, 0.1) is 5.41 Å². The van der Waals surface area contributed by atoms with Crippen LogP contribution in [0.3, 0.4) is 0 Å². The summed E-state index contributed by atoms with van der Waals surface area (Å²) < 4.78 is 0.853. The van der Waals surface area contributed by atoms with Crippen molar-refractivity contribution in [2.45, 2.75) is 40.0 Å². The average molecular weight is 339 g/mol. The molecule has 0 bridgehead atoms. The fourth-order valence-electron chi connectivity index (χ4n) is 1.95. The summed E-state index contributed by atoms with van der Waals surface area (Å²) in [5.41, 5.74) is -0.228. The van der Waals surface area contributed by atoms with Gasteiger partial charge in [-0.15, -0.1) is 0 Å². The molecule has 20 heavy (non-hydrogen) atoms. The van der Waals surface area contributed by atoms with Gasteiger partial charge in [0.25, 0.3) is 0 Å². The standard InChI is InChI=1S/C16H19BrO3/c1-11(18)8-9-16(3,12(2)19)15(20)10-13-6-4-5-7-14(13)17/h4-7H,8-10H2,1-3H3/t16-/m1/s1. The molecule has 0 aliphatic heterocycles. The average Bonchev–Trinajstić information content (AvgIpc) is 2.38. The molecule has 0 fully saturated rings. The normalized spacial score (nSPS) is 13.6. The summed E-state index contributed by atoms with van der Waals surface area (Å²) in [4.78, 5) is 35.5. The Morgan fingerprint density at radius 2 is 1.75 bits per heavy atom. The molecule has 0 aliphatic carbocycles. The van der Waals surface area contributed by atoms with Gasteiger partial charge in [0.15, 0.2) is 5.78 Å². The van der Waals surface area contributed by atoms with Crippen LogP contribution in [0.5, 0.6) is 0 Å². The lowest BCUT2D eigenvalue weighted by molar-refractivity contribution is -0.138. The van der Waals surface area contributed by atoms with Gasteiger partial charge in [-0.05, 0) is 38.8 Å². The Morgan fingerprint density at radius 1 is 1.15 bits per heavy atom. The van der Waals surface area contributed by atoms with Crippen molar-refractivity contribution < 1.29 is 14.4 Å². The van der Waals surface area contributed by atoms with Crippen molar-refractivity contribution in [1.29, 1.82) is 0 Å². The summed E-state index contributed by atoms with van der Waals surface area (Å²) in [6.07, 6.45) is 0.716. The maximum Gasteiger partial charge on any atom is 0.150 e. The molecule has 1 rings (SSSR count). The molecule has 4 heteroatoms. The zero-order valence-corrected chi connectivity index (χ0v) is 13.6. The number of rotatable bonds is 7. The summed E-state index contributed by atoms with van der Waals surface area (Å²) in [5, 5.41) is 0. The van der Waals surface area contributed by atoms with Crippen molar-refractivity contribution in [1.82, 2.24) is 0 Å². The first kappa shape index (κ1) is 16.8. The molecule has 0 saturated heterocycles. The van der Waals surface area contributed by atoms with Crippen LogP contribution in [-0.4, -0.2) is 17.3 Å². The molecular formula is C16H19BrO3. The molecule has 108 valence electrons. The Morgan fingerprint density at radius 3 is 2.25 bits per heavy atom. The van der Waals surface area contributed by atoms with Gasteiger partial charge in [-0.25, -0.2) is 0 Å². The Balaban J connectivity index is 2.92. The van der Waals surface area contributed by atoms with E-state index >= 15 is 0 Å². The summed E-state index contributed by atoms with van der Waals surface area (Å²) in [7, 11) is 0. The Hall–Kier alpha value is -1.29. The highest BCUT2D eigenvalue weighted by Gasteiger charge is 2.37. The number of benzene rings is 1. The van der Waals surface area contributed by atoms with Crippen molar-refractivity contribution in [3.05, 3.63) is 34.3 Å². The van der Waals surface area contributed by atoms with Crippen LogP contribution >= 0.6 is 15.9 Å². The van der Waals surface area contributed by atoms with E-state index in [4.69, 9.17) is 0 Å². The largest absolute Gasteiger partial charge is 0.300 e. The van der Waals surface area contributed by atoms with E-state index in [1.807, 2.05) is 24.3 Å². The SMILES string of the molecule is CC(=O)CC[C@](C)(C(C)=O)C(=O)Cc1ccccc1Br. The molecule has 0 heterocycles. The number of Topliss-reactive ketones (excluding diaryl/α,β-unsaturated/α-hetero) is 3. The van der Waals surface area contributed by atoms with Gasteiger partial charge in [-0.1, -0.05) is 34.1 Å². The van der Waals surface area contributed by atoms with E-state index in [0.29, 0.717) is 0 Å². The van der Waals surface area contributed by atoms with E-state index < -0.39 is 5.41 Å². The van der Waals surface area contributed by atoms with Crippen LogP contribution in [0.1, 0.15) is 39.2 Å². The molecule has 0 spiro atoms. The smallest absolute Gasteiger partial charge is 0.150 e. The van der Waals surface area contributed by atoms with Gasteiger partial charge in [-0.3, -0.25) is 9.59 Å². The molecule has 0 aromatic heterocycles. The second-order valence-electron chi connectivity index (χ2n) is 5.28. The minimum Gasteiger partial charge on any atom is -0.300 e. The highest BCUT2D eigenvalue weighted by atomic mass is 79.9. The zero-order valence-electron chi connectivity index (χ0n) is 12.0. The lowest BCUT2D eigenvalue weighted by Crippen LogP contribution is -2.36. The van der Waals surface area contributed by atoms with Gasteiger partial charge in [0.1, 0.15) is 11.6 Å². The van der Waals surface area contributed by atoms with Gasteiger partial charge < -0.3 is 4.79 Å². The summed E-state index contributed by atoms with van der Waals surface area (Å²) in [6.45, 7) is 4.52. The van der Waals surface area contributed by atoms with Crippen LogP contribution in [0.2, 0.25) is 0 Å². The highest BCUT2D eigenvalue weighted by molar-refractivity contribution is 9.10. The van der Waals surface area contributed by atoms with Crippen LogP contribution in [-0.2, 0) is 20.8 Å². The maximum atomic E-state index is 12.5. The Labute approximate surface area is 127 Å². The lowest BCUT2D eigenvalue weighted by Gasteiger charge is -2.25.